The van der Waals surface area contributed by atoms with Gasteiger partial charge in [-0.05, 0) is 17.5 Å². The van der Waals surface area contributed by atoms with Crippen LogP contribution in [0.4, 0.5) is 5.82 Å². The van der Waals surface area contributed by atoms with Crippen LogP contribution in [0.1, 0.15) is 0 Å². The minimum atomic E-state index is 0.779. The van der Waals surface area contributed by atoms with E-state index in [1.807, 2.05) is 30.6 Å². The first-order valence-electron chi connectivity index (χ1n) is 3.95. The fraction of sp³-hybridized carbons (Fsp3) is 0.111. The molecule has 0 aliphatic carbocycles. The van der Waals surface area contributed by atoms with Gasteiger partial charge < -0.3 is 5.32 Å². The van der Waals surface area contributed by atoms with Gasteiger partial charge in [-0.2, -0.15) is 0 Å². The van der Waals surface area contributed by atoms with E-state index >= 15 is 0 Å². The predicted molar refractivity (Wildman–Crippen MR) is 54.9 cm³/mol. The number of aromatic nitrogens is 2. The van der Waals surface area contributed by atoms with E-state index in [2.05, 4.69) is 15.3 Å². The van der Waals surface area contributed by atoms with Crippen molar-refractivity contribution in [3.63, 3.8) is 0 Å². The molecule has 2 heterocycles. The number of anilines is 1. The zero-order valence-electron chi connectivity index (χ0n) is 7.19. The molecule has 2 aromatic rings. The molecule has 0 aliphatic rings. The number of hydrogen-bond acceptors (Lipinski definition) is 4. The number of hydrogen-bond donors (Lipinski definition) is 1. The predicted octanol–water partition coefficient (Wildman–Crippen LogP) is 2.25. The van der Waals surface area contributed by atoms with Gasteiger partial charge >= 0.3 is 0 Å². The zero-order chi connectivity index (χ0) is 9.10. The van der Waals surface area contributed by atoms with Crippen molar-refractivity contribution in [2.45, 2.75) is 0 Å². The minimum Gasteiger partial charge on any atom is -0.373 e. The summed E-state index contributed by atoms with van der Waals surface area (Å²) >= 11 is 1.64. The summed E-state index contributed by atoms with van der Waals surface area (Å²) in [7, 11) is 1.85. The van der Waals surface area contributed by atoms with Gasteiger partial charge in [0.2, 0.25) is 0 Å². The summed E-state index contributed by atoms with van der Waals surface area (Å²) in [5.41, 5.74) is 0. The Morgan fingerprint density at radius 2 is 2.31 bits per heavy atom. The van der Waals surface area contributed by atoms with E-state index in [4.69, 9.17) is 0 Å². The molecule has 0 saturated heterocycles. The van der Waals surface area contributed by atoms with Gasteiger partial charge in [0, 0.05) is 13.2 Å². The molecule has 2 rings (SSSR count). The lowest BCUT2D eigenvalue weighted by Crippen LogP contribution is -1.94. The van der Waals surface area contributed by atoms with Crippen molar-refractivity contribution >= 4 is 17.2 Å². The van der Waals surface area contributed by atoms with Crippen LogP contribution in [0.3, 0.4) is 0 Å². The van der Waals surface area contributed by atoms with Crippen LogP contribution in [-0.2, 0) is 0 Å². The smallest absolute Gasteiger partial charge is 0.171 e. The molecule has 66 valence electrons. The van der Waals surface area contributed by atoms with Crippen molar-refractivity contribution in [1.29, 1.82) is 0 Å². The van der Waals surface area contributed by atoms with E-state index in [9.17, 15) is 0 Å². The monoisotopic (exact) mass is 191 g/mol. The Morgan fingerprint density at radius 1 is 1.38 bits per heavy atom. The molecule has 0 radical (unpaired) electrons. The molecular weight excluding hydrogens is 182 g/mol. The third-order valence-corrected chi connectivity index (χ3v) is 2.52. The van der Waals surface area contributed by atoms with Crippen LogP contribution in [0.15, 0.2) is 29.8 Å². The van der Waals surface area contributed by atoms with E-state index in [-0.39, 0.29) is 0 Å². The van der Waals surface area contributed by atoms with Gasteiger partial charge in [-0.3, -0.25) is 0 Å². The molecule has 0 bridgehead atoms. The normalized spacial score (nSPS) is 9.92. The van der Waals surface area contributed by atoms with E-state index in [0.29, 0.717) is 0 Å². The molecule has 0 amide bonds. The lowest BCUT2D eigenvalue weighted by Gasteiger charge is -1.99. The average Bonchev–Trinajstić information content (AvgIpc) is 2.71. The van der Waals surface area contributed by atoms with Crippen LogP contribution in [-0.4, -0.2) is 17.0 Å². The third-order valence-electron chi connectivity index (χ3n) is 1.65. The Morgan fingerprint density at radius 3 is 3.00 bits per heavy atom. The average molecular weight is 191 g/mol. The molecule has 1 N–H and O–H groups in total. The molecule has 4 heteroatoms. The standard InChI is InChI=1S/C9H9N3S/c1-10-8-4-5-11-9(12-8)7-3-2-6-13-7/h2-6H,1H3,(H,10,11,12). The highest BCUT2D eigenvalue weighted by Crippen LogP contribution is 2.21. The molecule has 0 spiro atoms. The van der Waals surface area contributed by atoms with E-state index in [0.717, 1.165) is 16.5 Å². The van der Waals surface area contributed by atoms with E-state index < -0.39 is 0 Å². The molecule has 0 aromatic carbocycles. The molecule has 0 aliphatic heterocycles. The van der Waals surface area contributed by atoms with Gasteiger partial charge in [0.1, 0.15) is 5.82 Å². The molecule has 2 aromatic heterocycles. The largest absolute Gasteiger partial charge is 0.373 e. The Labute approximate surface area is 80.5 Å². The summed E-state index contributed by atoms with van der Waals surface area (Å²) in [5.74, 6) is 1.63. The van der Waals surface area contributed by atoms with Crippen molar-refractivity contribution in [2.75, 3.05) is 12.4 Å². The van der Waals surface area contributed by atoms with Crippen LogP contribution in [0.2, 0.25) is 0 Å². The second-order valence-electron chi connectivity index (χ2n) is 2.49. The Hall–Kier alpha value is -1.42. The van der Waals surface area contributed by atoms with Gasteiger partial charge in [-0.25, -0.2) is 9.97 Å². The summed E-state index contributed by atoms with van der Waals surface area (Å²) in [6, 6.07) is 5.85. The van der Waals surface area contributed by atoms with Crippen molar-refractivity contribution in [1.82, 2.24) is 9.97 Å². The molecule has 0 saturated carbocycles. The third kappa shape index (κ3) is 1.67. The Bertz CT molecular complexity index is 384. The Kier molecular flexibility index (Phi) is 2.23. The lowest BCUT2D eigenvalue weighted by molar-refractivity contribution is 1.18. The fourth-order valence-electron chi connectivity index (χ4n) is 1.02. The quantitative estimate of drug-likeness (QED) is 0.791. The maximum absolute atomic E-state index is 4.32. The molecule has 13 heavy (non-hydrogen) atoms. The highest BCUT2D eigenvalue weighted by molar-refractivity contribution is 7.13. The first-order chi connectivity index (χ1) is 6.40. The van der Waals surface area contributed by atoms with Crippen LogP contribution in [0.5, 0.6) is 0 Å². The molecular formula is C9H9N3S. The SMILES string of the molecule is CNc1ccnc(-c2cccs2)n1. The summed E-state index contributed by atoms with van der Waals surface area (Å²) in [6.45, 7) is 0. The number of rotatable bonds is 2. The van der Waals surface area contributed by atoms with Gasteiger partial charge in [0.25, 0.3) is 0 Å². The summed E-state index contributed by atoms with van der Waals surface area (Å²) < 4.78 is 0. The highest BCUT2D eigenvalue weighted by atomic mass is 32.1. The van der Waals surface area contributed by atoms with Crippen LogP contribution in [0.25, 0.3) is 10.7 Å². The van der Waals surface area contributed by atoms with Crippen molar-refractivity contribution in [2.24, 2.45) is 0 Å². The molecule has 0 fully saturated rings. The summed E-state index contributed by atoms with van der Waals surface area (Å²) in [4.78, 5) is 9.61. The number of thiophene rings is 1. The van der Waals surface area contributed by atoms with Gasteiger partial charge in [-0.15, -0.1) is 11.3 Å². The van der Waals surface area contributed by atoms with Gasteiger partial charge in [0.05, 0.1) is 4.88 Å². The summed E-state index contributed by atoms with van der Waals surface area (Å²) in [5, 5.41) is 5.00. The summed E-state index contributed by atoms with van der Waals surface area (Å²) in [6.07, 6.45) is 1.76. The zero-order valence-corrected chi connectivity index (χ0v) is 8.01. The fourth-order valence-corrected chi connectivity index (χ4v) is 1.69. The number of nitrogens with zero attached hydrogens (tertiary/aromatic N) is 2. The Balaban J connectivity index is 2.41. The van der Waals surface area contributed by atoms with Gasteiger partial charge in [0.15, 0.2) is 5.82 Å². The van der Waals surface area contributed by atoms with Crippen LogP contribution < -0.4 is 5.32 Å². The highest BCUT2D eigenvalue weighted by Gasteiger charge is 2.01. The first kappa shape index (κ1) is 8.19. The van der Waals surface area contributed by atoms with Crippen molar-refractivity contribution < 1.29 is 0 Å². The van der Waals surface area contributed by atoms with Crippen LogP contribution >= 0.6 is 11.3 Å². The topological polar surface area (TPSA) is 37.8 Å². The van der Waals surface area contributed by atoms with Crippen LogP contribution in [0, 0.1) is 0 Å². The lowest BCUT2D eigenvalue weighted by atomic mass is 10.4. The first-order valence-corrected chi connectivity index (χ1v) is 4.83. The second-order valence-corrected chi connectivity index (χ2v) is 3.44. The second kappa shape index (κ2) is 3.53. The minimum absolute atomic E-state index is 0.779. The van der Waals surface area contributed by atoms with Crippen molar-refractivity contribution in [3.05, 3.63) is 29.8 Å². The maximum Gasteiger partial charge on any atom is 0.171 e. The molecule has 3 nitrogen and oxygen atoms in total. The van der Waals surface area contributed by atoms with Crippen molar-refractivity contribution in [3.8, 4) is 10.7 Å². The van der Waals surface area contributed by atoms with E-state index in [1.165, 1.54) is 0 Å². The van der Waals surface area contributed by atoms with Gasteiger partial charge in [-0.1, -0.05) is 6.07 Å². The number of nitrogens with one attached hydrogen (secondary N) is 1. The van der Waals surface area contributed by atoms with E-state index in [1.54, 1.807) is 17.5 Å². The maximum atomic E-state index is 4.32. The molecule has 0 unspecified atom stereocenters. The molecule has 0 atom stereocenters.